The topological polar surface area (TPSA) is 136 Å². The fourth-order valence-corrected chi connectivity index (χ4v) is 11.0. The van der Waals surface area contributed by atoms with Crippen LogP contribution < -0.4 is 9.47 Å². The fourth-order valence-electron chi connectivity index (χ4n) is 10.5. The second kappa shape index (κ2) is 25.3. The lowest BCUT2D eigenvalue weighted by atomic mass is 9.82. The van der Waals surface area contributed by atoms with Crippen molar-refractivity contribution in [3.05, 3.63) is 107 Å². The summed E-state index contributed by atoms with van der Waals surface area (Å²) in [4.78, 5) is 65.6. The zero-order chi connectivity index (χ0) is 53.8. The second-order valence-electron chi connectivity index (χ2n) is 21.5. The number of hydrogen-bond acceptors (Lipinski definition) is 10. The van der Waals surface area contributed by atoms with Crippen LogP contribution >= 0.6 is 15.9 Å². The van der Waals surface area contributed by atoms with Crippen LogP contribution in [0.1, 0.15) is 169 Å². The summed E-state index contributed by atoms with van der Waals surface area (Å²) in [7, 11) is 0. The van der Waals surface area contributed by atoms with Gasteiger partial charge in [0.25, 0.3) is 11.8 Å². The van der Waals surface area contributed by atoms with Crippen LogP contribution in [0.4, 0.5) is 0 Å². The van der Waals surface area contributed by atoms with Gasteiger partial charge in [-0.1, -0.05) is 142 Å². The predicted octanol–water partition coefficient (Wildman–Crippen LogP) is 14.2. The molecule has 0 bridgehead atoms. The standard InChI is InChI=1S/C31H39BrN2O4.C31H40N2O4/c1-5-7-11-27-33-31(18-9-8-10-19-31)28(35)34(27)21-22-12-14-23(15-13-22)25-20-24(16-17-26(25)32)38-30(3,4)29(36)37-6-2;1-5-7-14-27-32-31(19-9-8-10-20-31)28(34)33(27)22-23-15-17-24(18-16-23)25-12-11-13-26(21-25)37-30(3,4)29(35)36-6-2/h12-17,20H,5-11,18-19,21H2,1-4H3;11-13,15-18,21H,5-10,14,19-20,22H2,1-4H3. The summed E-state index contributed by atoms with van der Waals surface area (Å²) in [5, 5.41) is 0. The molecule has 8 rings (SSSR count). The van der Waals surface area contributed by atoms with E-state index in [2.05, 4.69) is 78.3 Å². The summed E-state index contributed by atoms with van der Waals surface area (Å²) in [6, 6.07) is 30.0. The molecule has 2 aliphatic carbocycles. The first-order valence-electron chi connectivity index (χ1n) is 27.6. The lowest BCUT2D eigenvalue weighted by Crippen LogP contribution is -2.43. The molecule has 2 heterocycles. The zero-order valence-corrected chi connectivity index (χ0v) is 47.3. The molecule has 4 aromatic rings. The molecule has 0 N–H and O–H groups in total. The Labute approximate surface area is 454 Å². The fraction of sp³-hybridized carbons (Fsp3) is 0.516. The van der Waals surface area contributed by atoms with E-state index in [1.807, 2.05) is 52.3 Å². The molecule has 4 aromatic carbocycles. The molecule has 402 valence electrons. The molecule has 2 spiro atoms. The minimum Gasteiger partial charge on any atom is -0.476 e. The Kier molecular flexibility index (Phi) is 19.2. The van der Waals surface area contributed by atoms with Crippen LogP contribution in [0, 0.1) is 0 Å². The van der Waals surface area contributed by atoms with Crippen molar-refractivity contribution < 1.29 is 38.1 Å². The molecule has 0 aromatic heterocycles. The normalized spacial score (nSPS) is 17.1. The molecule has 2 amide bonds. The van der Waals surface area contributed by atoms with E-state index in [4.69, 9.17) is 28.9 Å². The molecule has 4 aliphatic rings. The van der Waals surface area contributed by atoms with Gasteiger partial charge in [0.1, 0.15) is 34.2 Å². The maximum absolute atomic E-state index is 13.6. The third kappa shape index (κ3) is 13.8. The number of hydrogen-bond donors (Lipinski definition) is 0. The van der Waals surface area contributed by atoms with E-state index in [1.165, 1.54) is 12.8 Å². The molecule has 2 aliphatic heterocycles. The zero-order valence-electron chi connectivity index (χ0n) is 45.7. The van der Waals surface area contributed by atoms with Gasteiger partial charge >= 0.3 is 11.9 Å². The number of unbranched alkanes of at least 4 members (excludes halogenated alkanes) is 2. The minimum atomic E-state index is -1.10. The largest absolute Gasteiger partial charge is 0.476 e. The van der Waals surface area contributed by atoms with Gasteiger partial charge in [-0.3, -0.25) is 29.4 Å². The predicted molar refractivity (Wildman–Crippen MR) is 301 cm³/mol. The minimum absolute atomic E-state index is 0.184. The van der Waals surface area contributed by atoms with Gasteiger partial charge < -0.3 is 18.9 Å². The highest BCUT2D eigenvalue weighted by Gasteiger charge is 2.49. The van der Waals surface area contributed by atoms with Gasteiger partial charge in [0.2, 0.25) is 0 Å². The highest BCUT2D eigenvalue weighted by atomic mass is 79.9. The van der Waals surface area contributed by atoms with E-state index in [1.54, 1.807) is 41.5 Å². The number of amides is 2. The molecule has 2 fully saturated rings. The molecular weight excluding hydrogens is 1010 g/mol. The van der Waals surface area contributed by atoms with Crippen molar-refractivity contribution in [2.24, 2.45) is 9.98 Å². The lowest BCUT2D eigenvalue weighted by Gasteiger charge is -2.29. The first kappa shape index (κ1) is 56.9. The van der Waals surface area contributed by atoms with Gasteiger partial charge in [-0.25, -0.2) is 9.59 Å². The number of esters is 2. The number of ether oxygens (including phenoxy) is 4. The van der Waals surface area contributed by atoms with E-state index < -0.39 is 34.2 Å². The van der Waals surface area contributed by atoms with Crippen molar-refractivity contribution >= 4 is 51.4 Å². The first-order valence-corrected chi connectivity index (χ1v) is 28.4. The molecule has 0 saturated heterocycles. The number of nitrogens with zero attached hydrogens (tertiary/aromatic N) is 4. The van der Waals surface area contributed by atoms with E-state index in [0.717, 1.165) is 139 Å². The van der Waals surface area contributed by atoms with E-state index in [-0.39, 0.29) is 11.8 Å². The molecule has 13 heteroatoms. The van der Waals surface area contributed by atoms with Crippen molar-refractivity contribution in [3.63, 3.8) is 0 Å². The molecule has 12 nitrogen and oxygen atoms in total. The van der Waals surface area contributed by atoms with Gasteiger partial charge in [-0.2, -0.15) is 0 Å². The average Bonchev–Trinajstić information content (AvgIpc) is 3.79. The third-order valence-electron chi connectivity index (χ3n) is 14.8. The maximum atomic E-state index is 13.6. The van der Waals surface area contributed by atoms with Gasteiger partial charge in [0.15, 0.2) is 11.2 Å². The Bertz CT molecular complexity index is 2680. The Balaban J connectivity index is 0.000000219. The van der Waals surface area contributed by atoms with Gasteiger partial charge in [-0.05, 0) is 144 Å². The number of amidine groups is 2. The van der Waals surface area contributed by atoms with E-state index in [0.29, 0.717) is 37.8 Å². The SMILES string of the molecule is CCCCC1=NC2(CCCCC2)C(=O)N1Cc1ccc(-c2cc(OC(C)(C)C(=O)OCC)ccc2Br)cc1.CCCCC1=NC2(CCCCC2)C(=O)N1Cc1ccc(-c2cccc(OC(C)(C)C(=O)OCC)c2)cc1. The summed E-state index contributed by atoms with van der Waals surface area (Å²) in [5.41, 5.74) is 2.95. The van der Waals surface area contributed by atoms with Crippen LogP contribution in [0.5, 0.6) is 11.5 Å². The smallest absolute Gasteiger partial charge is 0.349 e. The van der Waals surface area contributed by atoms with Crippen LogP contribution in [-0.2, 0) is 41.7 Å². The Morgan fingerprint density at radius 2 is 1.00 bits per heavy atom. The van der Waals surface area contributed by atoms with Crippen molar-refractivity contribution in [2.45, 2.75) is 193 Å². The van der Waals surface area contributed by atoms with Crippen molar-refractivity contribution in [3.8, 4) is 33.8 Å². The summed E-state index contributed by atoms with van der Waals surface area (Å²) >= 11 is 3.65. The van der Waals surface area contributed by atoms with Gasteiger partial charge in [-0.15, -0.1) is 0 Å². The molecule has 2 saturated carbocycles. The summed E-state index contributed by atoms with van der Waals surface area (Å²) in [6.07, 6.45) is 16.2. The average molecular weight is 1090 g/mol. The lowest BCUT2D eigenvalue weighted by molar-refractivity contribution is -0.159. The van der Waals surface area contributed by atoms with Crippen LogP contribution in [0.3, 0.4) is 0 Å². The van der Waals surface area contributed by atoms with Crippen LogP contribution in [0.2, 0.25) is 0 Å². The van der Waals surface area contributed by atoms with Crippen LogP contribution in [0.15, 0.2) is 105 Å². The van der Waals surface area contributed by atoms with E-state index >= 15 is 0 Å². The number of carbonyl (C=O) groups excluding carboxylic acids is 4. The number of carbonyl (C=O) groups is 4. The molecule has 0 radical (unpaired) electrons. The number of aliphatic imine (C=N–C) groups is 2. The maximum Gasteiger partial charge on any atom is 0.349 e. The van der Waals surface area contributed by atoms with Crippen molar-refractivity contribution in [2.75, 3.05) is 13.2 Å². The van der Waals surface area contributed by atoms with Gasteiger partial charge in [0, 0.05) is 17.3 Å². The highest BCUT2D eigenvalue weighted by molar-refractivity contribution is 9.10. The number of rotatable bonds is 20. The quantitative estimate of drug-likeness (QED) is 0.0798. The Hall–Kier alpha value is -5.82. The Morgan fingerprint density at radius 3 is 1.44 bits per heavy atom. The monoisotopic (exact) mass is 1090 g/mol. The van der Waals surface area contributed by atoms with Crippen LogP contribution in [-0.4, -0.2) is 80.7 Å². The summed E-state index contributed by atoms with van der Waals surface area (Å²) in [5.74, 6) is 2.70. The second-order valence-corrected chi connectivity index (χ2v) is 22.3. The molecular formula is C62H79BrN4O8. The Morgan fingerprint density at radius 1 is 0.560 bits per heavy atom. The van der Waals surface area contributed by atoms with Crippen molar-refractivity contribution in [1.82, 2.24) is 9.80 Å². The number of halogens is 1. The highest BCUT2D eigenvalue weighted by Crippen LogP contribution is 2.41. The van der Waals surface area contributed by atoms with Crippen molar-refractivity contribution in [1.29, 1.82) is 0 Å². The third-order valence-corrected chi connectivity index (χ3v) is 15.4. The van der Waals surface area contributed by atoms with E-state index in [9.17, 15) is 19.2 Å². The molecule has 0 atom stereocenters. The summed E-state index contributed by atoms with van der Waals surface area (Å²) < 4.78 is 23.2. The van der Waals surface area contributed by atoms with Crippen LogP contribution in [0.25, 0.3) is 22.3 Å². The first-order chi connectivity index (χ1) is 36.0. The number of benzene rings is 4. The molecule has 0 unspecified atom stereocenters. The molecule has 75 heavy (non-hydrogen) atoms. The summed E-state index contributed by atoms with van der Waals surface area (Å²) in [6.45, 7) is 16.5. The van der Waals surface area contributed by atoms with Gasteiger partial charge in [0.05, 0.1) is 26.3 Å².